The molecule has 0 saturated carbocycles. The van der Waals surface area contributed by atoms with Gasteiger partial charge in [0.05, 0.1) is 12.5 Å². The fourth-order valence-corrected chi connectivity index (χ4v) is 3.33. The second-order valence-electron chi connectivity index (χ2n) is 6.55. The van der Waals surface area contributed by atoms with Crippen LogP contribution in [0, 0.1) is 0 Å². The summed E-state index contributed by atoms with van der Waals surface area (Å²) in [6, 6.07) is 13.5. The van der Waals surface area contributed by atoms with Crippen LogP contribution < -0.4 is 10.7 Å². The van der Waals surface area contributed by atoms with Gasteiger partial charge >= 0.3 is 6.09 Å². The van der Waals surface area contributed by atoms with Crippen LogP contribution in [-0.2, 0) is 17.7 Å². The fraction of sp³-hybridized carbons (Fsp3) is 0.190. The number of carbonyl (C=O) groups is 2. The van der Waals surface area contributed by atoms with Gasteiger partial charge in [0.1, 0.15) is 5.58 Å². The van der Waals surface area contributed by atoms with E-state index in [9.17, 15) is 14.4 Å². The smallest absolute Gasteiger partial charge is 0.409 e. The lowest BCUT2D eigenvalue weighted by molar-refractivity contribution is 0.0996. The van der Waals surface area contributed by atoms with Gasteiger partial charge in [-0.25, -0.2) is 4.79 Å². The molecule has 142 valence electrons. The number of fused-ring (bicyclic) bond motifs is 2. The van der Waals surface area contributed by atoms with Crippen molar-refractivity contribution in [2.75, 3.05) is 19.0 Å². The molecule has 1 aliphatic rings. The van der Waals surface area contributed by atoms with Gasteiger partial charge in [0, 0.05) is 24.8 Å². The molecule has 0 radical (unpaired) electrons. The van der Waals surface area contributed by atoms with Gasteiger partial charge in [-0.3, -0.25) is 9.59 Å². The highest BCUT2D eigenvalue weighted by molar-refractivity contribution is 6.03. The Morgan fingerprint density at radius 3 is 2.75 bits per heavy atom. The van der Waals surface area contributed by atoms with E-state index in [0.29, 0.717) is 29.7 Å². The van der Waals surface area contributed by atoms with Crippen molar-refractivity contribution in [3.8, 4) is 0 Å². The Labute approximate surface area is 160 Å². The molecule has 2 heterocycles. The Bertz CT molecular complexity index is 1140. The van der Waals surface area contributed by atoms with Crippen molar-refractivity contribution in [1.82, 2.24) is 4.90 Å². The summed E-state index contributed by atoms with van der Waals surface area (Å²) in [5.41, 5.74) is 2.71. The molecule has 0 saturated heterocycles. The van der Waals surface area contributed by atoms with E-state index in [2.05, 4.69) is 5.32 Å². The summed E-state index contributed by atoms with van der Waals surface area (Å²) in [5, 5.41) is 3.18. The molecule has 1 aromatic heterocycles. The zero-order valence-electron chi connectivity index (χ0n) is 15.2. The number of rotatable bonds is 2. The van der Waals surface area contributed by atoms with Crippen molar-refractivity contribution in [2.24, 2.45) is 0 Å². The Balaban J connectivity index is 1.57. The molecule has 7 heteroatoms. The Morgan fingerprint density at radius 1 is 1.11 bits per heavy atom. The van der Waals surface area contributed by atoms with Gasteiger partial charge in [0.15, 0.2) is 11.2 Å². The van der Waals surface area contributed by atoms with Gasteiger partial charge in [0.25, 0.3) is 5.91 Å². The number of ether oxygens (including phenoxy) is 1. The van der Waals surface area contributed by atoms with Crippen molar-refractivity contribution >= 4 is 28.7 Å². The summed E-state index contributed by atoms with van der Waals surface area (Å²) >= 11 is 0. The van der Waals surface area contributed by atoms with Crippen LogP contribution in [0.2, 0.25) is 0 Å². The number of hydrogen-bond acceptors (Lipinski definition) is 5. The van der Waals surface area contributed by atoms with Crippen LogP contribution in [0.1, 0.15) is 21.7 Å². The lowest BCUT2D eigenvalue weighted by Gasteiger charge is -2.28. The second kappa shape index (κ2) is 7.19. The topological polar surface area (TPSA) is 88.9 Å². The Morgan fingerprint density at radius 2 is 1.93 bits per heavy atom. The summed E-state index contributed by atoms with van der Waals surface area (Å²) in [6.07, 6.45) is 0.344. The van der Waals surface area contributed by atoms with Crippen molar-refractivity contribution in [3.05, 3.63) is 75.6 Å². The SMILES string of the molecule is COC(=O)N1CCc2ccc(NC(=O)c3cc(=O)c4ccccc4o3)cc2C1. The highest BCUT2D eigenvalue weighted by atomic mass is 16.5. The number of amides is 2. The third kappa shape index (κ3) is 3.34. The van der Waals surface area contributed by atoms with Crippen LogP contribution in [0.25, 0.3) is 11.0 Å². The molecule has 0 fully saturated rings. The minimum Gasteiger partial charge on any atom is -0.453 e. The van der Waals surface area contributed by atoms with Crippen molar-refractivity contribution in [1.29, 1.82) is 0 Å². The first-order chi connectivity index (χ1) is 13.5. The molecule has 0 spiro atoms. The molecule has 0 atom stereocenters. The maximum atomic E-state index is 12.6. The van der Waals surface area contributed by atoms with E-state index in [4.69, 9.17) is 9.15 Å². The van der Waals surface area contributed by atoms with Crippen LogP contribution in [0.4, 0.5) is 10.5 Å². The molecule has 0 unspecified atom stereocenters. The summed E-state index contributed by atoms with van der Waals surface area (Å²) in [7, 11) is 1.35. The number of hydrogen-bond donors (Lipinski definition) is 1. The predicted octanol–water partition coefficient (Wildman–Crippen LogP) is 3.17. The number of methoxy groups -OCH3 is 1. The van der Waals surface area contributed by atoms with E-state index < -0.39 is 5.91 Å². The molecule has 28 heavy (non-hydrogen) atoms. The average molecular weight is 378 g/mol. The maximum Gasteiger partial charge on any atom is 0.409 e. The first-order valence-corrected chi connectivity index (χ1v) is 8.84. The van der Waals surface area contributed by atoms with Gasteiger partial charge < -0.3 is 19.4 Å². The van der Waals surface area contributed by atoms with Gasteiger partial charge in [0.2, 0.25) is 0 Å². The van der Waals surface area contributed by atoms with Crippen LogP contribution in [-0.4, -0.2) is 30.6 Å². The molecule has 3 aromatic rings. The highest BCUT2D eigenvalue weighted by Crippen LogP contribution is 2.23. The van der Waals surface area contributed by atoms with Crippen LogP contribution in [0.3, 0.4) is 0 Å². The molecular formula is C21H18N2O5. The molecule has 0 bridgehead atoms. The molecule has 0 aliphatic carbocycles. The molecule has 1 N–H and O–H groups in total. The summed E-state index contributed by atoms with van der Waals surface area (Å²) < 4.78 is 10.3. The zero-order chi connectivity index (χ0) is 19.7. The molecule has 7 nitrogen and oxygen atoms in total. The molecular weight excluding hydrogens is 360 g/mol. The third-order valence-electron chi connectivity index (χ3n) is 4.77. The average Bonchev–Trinajstić information content (AvgIpc) is 2.72. The van der Waals surface area contributed by atoms with E-state index in [1.54, 1.807) is 35.2 Å². The van der Waals surface area contributed by atoms with Crippen molar-refractivity contribution in [2.45, 2.75) is 13.0 Å². The van der Waals surface area contributed by atoms with Crippen LogP contribution >= 0.6 is 0 Å². The van der Waals surface area contributed by atoms with Crippen LogP contribution in [0.5, 0.6) is 0 Å². The number of para-hydroxylation sites is 1. The number of carbonyl (C=O) groups excluding carboxylic acids is 2. The van der Waals surface area contributed by atoms with E-state index in [1.807, 2.05) is 12.1 Å². The zero-order valence-corrected chi connectivity index (χ0v) is 15.2. The summed E-state index contributed by atoms with van der Waals surface area (Å²) in [6.45, 7) is 1.00. The number of nitrogens with zero attached hydrogens (tertiary/aromatic N) is 1. The fourth-order valence-electron chi connectivity index (χ4n) is 3.33. The molecule has 1 aliphatic heterocycles. The maximum absolute atomic E-state index is 12.6. The highest BCUT2D eigenvalue weighted by Gasteiger charge is 2.22. The standard InChI is InChI=1S/C21H18N2O5/c1-27-21(26)23-9-8-13-6-7-15(10-14(13)12-23)22-20(25)19-11-17(24)16-4-2-3-5-18(16)28-19/h2-7,10-11H,8-9,12H2,1H3,(H,22,25). The molecule has 4 rings (SSSR count). The van der Waals surface area contributed by atoms with E-state index in [1.165, 1.54) is 13.2 Å². The summed E-state index contributed by atoms with van der Waals surface area (Å²) in [4.78, 5) is 38.1. The quantitative estimate of drug-likeness (QED) is 0.740. The lowest BCUT2D eigenvalue weighted by atomic mass is 9.99. The molecule has 2 aromatic carbocycles. The first kappa shape index (κ1) is 17.8. The number of benzene rings is 2. The van der Waals surface area contributed by atoms with Gasteiger partial charge in [-0.15, -0.1) is 0 Å². The van der Waals surface area contributed by atoms with E-state index >= 15 is 0 Å². The van der Waals surface area contributed by atoms with Crippen molar-refractivity contribution in [3.63, 3.8) is 0 Å². The van der Waals surface area contributed by atoms with Crippen molar-refractivity contribution < 1.29 is 18.7 Å². The normalized spacial score (nSPS) is 13.1. The Kier molecular flexibility index (Phi) is 4.57. The largest absolute Gasteiger partial charge is 0.453 e. The summed E-state index contributed by atoms with van der Waals surface area (Å²) in [5.74, 6) is -0.568. The van der Waals surface area contributed by atoms with Gasteiger partial charge in [-0.05, 0) is 41.8 Å². The lowest BCUT2D eigenvalue weighted by Crippen LogP contribution is -2.35. The monoisotopic (exact) mass is 378 g/mol. The second-order valence-corrected chi connectivity index (χ2v) is 6.55. The predicted molar refractivity (Wildman–Crippen MR) is 103 cm³/mol. The number of nitrogens with one attached hydrogen (secondary N) is 1. The molecule has 2 amide bonds. The van der Waals surface area contributed by atoms with Crippen LogP contribution in [0.15, 0.2) is 57.7 Å². The van der Waals surface area contributed by atoms with Gasteiger partial charge in [-0.2, -0.15) is 0 Å². The first-order valence-electron chi connectivity index (χ1n) is 8.84. The van der Waals surface area contributed by atoms with Gasteiger partial charge in [-0.1, -0.05) is 18.2 Å². The third-order valence-corrected chi connectivity index (χ3v) is 4.77. The minimum absolute atomic E-state index is 0.0578. The Hall–Kier alpha value is -3.61. The van der Waals surface area contributed by atoms with E-state index in [-0.39, 0.29) is 17.3 Å². The number of anilines is 1. The van der Waals surface area contributed by atoms with E-state index in [0.717, 1.165) is 17.5 Å². The minimum atomic E-state index is -0.511.